The van der Waals surface area contributed by atoms with Gasteiger partial charge in [0.1, 0.15) is 11.5 Å². The SMILES string of the molecule is Oc1ccc(Sc2ccc(OCCCCl)cc2)cc1. The Morgan fingerprint density at radius 1 is 0.947 bits per heavy atom. The van der Waals surface area contributed by atoms with Gasteiger partial charge in [0.25, 0.3) is 0 Å². The van der Waals surface area contributed by atoms with Gasteiger partial charge in [0.05, 0.1) is 6.61 Å². The van der Waals surface area contributed by atoms with E-state index in [1.807, 2.05) is 36.4 Å². The molecule has 0 aliphatic carbocycles. The molecule has 4 heteroatoms. The highest BCUT2D eigenvalue weighted by Crippen LogP contribution is 2.29. The lowest BCUT2D eigenvalue weighted by Gasteiger charge is -2.06. The maximum Gasteiger partial charge on any atom is 0.119 e. The van der Waals surface area contributed by atoms with Crippen molar-refractivity contribution in [1.82, 2.24) is 0 Å². The molecule has 0 saturated carbocycles. The molecule has 0 bridgehead atoms. The Morgan fingerprint density at radius 3 is 2.11 bits per heavy atom. The van der Waals surface area contributed by atoms with E-state index in [0.717, 1.165) is 22.0 Å². The van der Waals surface area contributed by atoms with Crippen molar-refractivity contribution < 1.29 is 9.84 Å². The summed E-state index contributed by atoms with van der Waals surface area (Å²) in [5.41, 5.74) is 0. The first-order valence-electron chi connectivity index (χ1n) is 6.03. The molecule has 0 atom stereocenters. The zero-order chi connectivity index (χ0) is 13.5. The molecule has 2 aromatic carbocycles. The second kappa shape index (κ2) is 7.31. The maximum absolute atomic E-state index is 9.23. The zero-order valence-electron chi connectivity index (χ0n) is 10.4. The van der Waals surface area contributed by atoms with Crippen molar-refractivity contribution in [3.05, 3.63) is 48.5 Å². The van der Waals surface area contributed by atoms with Crippen LogP contribution in [0.15, 0.2) is 58.3 Å². The van der Waals surface area contributed by atoms with Crippen LogP contribution in [0.3, 0.4) is 0 Å². The molecule has 0 aromatic heterocycles. The van der Waals surface area contributed by atoms with Crippen molar-refractivity contribution in [3.63, 3.8) is 0 Å². The van der Waals surface area contributed by atoms with Gasteiger partial charge in [-0.2, -0.15) is 0 Å². The third-order valence-corrected chi connectivity index (χ3v) is 3.73. The van der Waals surface area contributed by atoms with Gasteiger partial charge in [0, 0.05) is 15.7 Å². The number of benzene rings is 2. The Kier molecular flexibility index (Phi) is 5.43. The quantitative estimate of drug-likeness (QED) is 0.626. The molecule has 2 nitrogen and oxygen atoms in total. The molecule has 100 valence electrons. The summed E-state index contributed by atoms with van der Waals surface area (Å²) in [5, 5.41) is 9.23. The fraction of sp³-hybridized carbons (Fsp3) is 0.200. The Hall–Kier alpha value is -1.32. The molecule has 19 heavy (non-hydrogen) atoms. The van der Waals surface area contributed by atoms with Crippen molar-refractivity contribution in [2.45, 2.75) is 16.2 Å². The van der Waals surface area contributed by atoms with Crippen LogP contribution in [0.5, 0.6) is 11.5 Å². The number of ether oxygens (including phenoxy) is 1. The molecule has 0 saturated heterocycles. The average Bonchev–Trinajstić information content (AvgIpc) is 2.44. The first kappa shape index (κ1) is 14.1. The number of phenolic OH excluding ortho intramolecular Hbond substituents is 1. The Balaban J connectivity index is 1.92. The van der Waals surface area contributed by atoms with Gasteiger partial charge in [-0.3, -0.25) is 0 Å². The molecule has 2 aromatic rings. The van der Waals surface area contributed by atoms with E-state index in [2.05, 4.69) is 0 Å². The van der Waals surface area contributed by atoms with Crippen LogP contribution in [0.25, 0.3) is 0 Å². The third-order valence-electron chi connectivity index (χ3n) is 2.44. The van der Waals surface area contributed by atoms with Gasteiger partial charge in [-0.1, -0.05) is 11.8 Å². The van der Waals surface area contributed by atoms with Gasteiger partial charge in [-0.25, -0.2) is 0 Å². The lowest BCUT2D eigenvalue weighted by Crippen LogP contribution is -1.97. The minimum atomic E-state index is 0.285. The van der Waals surface area contributed by atoms with Crippen LogP contribution >= 0.6 is 23.4 Å². The number of rotatable bonds is 6. The molecule has 0 heterocycles. The van der Waals surface area contributed by atoms with E-state index in [9.17, 15) is 5.11 Å². The fourth-order valence-corrected chi connectivity index (χ4v) is 2.42. The number of aromatic hydroxyl groups is 1. The van der Waals surface area contributed by atoms with Crippen LogP contribution in [0.1, 0.15) is 6.42 Å². The van der Waals surface area contributed by atoms with E-state index >= 15 is 0 Å². The summed E-state index contributed by atoms with van der Waals surface area (Å²) >= 11 is 7.24. The summed E-state index contributed by atoms with van der Waals surface area (Å²) in [6.07, 6.45) is 0.853. The van der Waals surface area contributed by atoms with E-state index in [4.69, 9.17) is 16.3 Å². The number of hydrogen-bond donors (Lipinski definition) is 1. The summed E-state index contributed by atoms with van der Waals surface area (Å²) in [7, 11) is 0. The lowest BCUT2D eigenvalue weighted by atomic mass is 10.3. The second-order valence-corrected chi connectivity index (χ2v) is 5.48. The van der Waals surface area contributed by atoms with Crippen molar-refractivity contribution in [3.8, 4) is 11.5 Å². The van der Waals surface area contributed by atoms with Crippen LogP contribution in [-0.4, -0.2) is 17.6 Å². The van der Waals surface area contributed by atoms with Crippen LogP contribution in [0, 0.1) is 0 Å². The number of halogens is 1. The average molecular weight is 295 g/mol. The molecule has 1 N–H and O–H groups in total. The lowest BCUT2D eigenvalue weighted by molar-refractivity contribution is 0.318. The summed E-state index contributed by atoms with van der Waals surface area (Å²) in [5.74, 6) is 1.77. The highest BCUT2D eigenvalue weighted by Gasteiger charge is 1.99. The Bertz CT molecular complexity index is 497. The summed E-state index contributed by atoms with van der Waals surface area (Å²) < 4.78 is 5.54. The first-order chi connectivity index (χ1) is 9.28. The molecule has 0 amide bonds. The molecular formula is C15H15ClO2S. The standard InChI is InChI=1S/C15H15ClO2S/c16-10-1-11-18-13-4-8-15(9-5-13)19-14-6-2-12(17)3-7-14/h2-9,17H,1,10-11H2. The molecule has 0 fully saturated rings. The van der Waals surface area contributed by atoms with E-state index in [1.165, 1.54) is 0 Å². The van der Waals surface area contributed by atoms with Gasteiger partial charge in [0.2, 0.25) is 0 Å². The molecule has 0 aliphatic heterocycles. The highest BCUT2D eigenvalue weighted by atomic mass is 35.5. The van der Waals surface area contributed by atoms with Gasteiger partial charge in [-0.05, 0) is 55.0 Å². The number of phenols is 1. The predicted octanol–water partition coefficient (Wildman–Crippen LogP) is 4.55. The van der Waals surface area contributed by atoms with E-state index < -0.39 is 0 Å². The van der Waals surface area contributed by atoms with Crippen LogP contribution in [0.2, 0.25) is 0 Å². The fourth-order valence-electron chi connectivity index (χ4n) is 1.50. The Morgan fingerprint density at radius 2 is 1.53 bits per heavy atom. The molecular weight excluding hydrogens is 280 g/mol. The largest absolute Gasteiger partial charge is 0.508 e. The summed E-state index contributed by atoms with van der Waals surface area (Å²) in [6.45, 7) is 0.647. The van der Waals surface area contributed by atoms with Crippen molar-refractivity contribution in [1.29, 1.82) is 0 Å². The van der Waals surface area contributed by atoms with Gasteiger partial charge >= 0.3 is 0 Å². The Labute approximate surface area is 122 Å². The minimum Gasteiger partial charge on any atom is -0.508 e. The molecule has 0 radical (unpaired) electrons. The predicted molar refractivity (Wildman–Crippen MR) is 79.5 cm³/mol. The highest BCUT2D eigenvalue weighted by molar-refractivity contribution is 7.99. The van der Waals surface area contributed by atoms with Crippen LogP contribution in [-0.2, 0) is 0 Å². The topological polar surface area (TPSA) is 29.5 Å². The van der Waals surface area contributed by atoms with Gasteiger partial charge in [0.15, 0.2) is 0 Å². The van der Waals surface area contributed by atoms with Gasteiger partial charge in [-0.15, -0.1) is 11.6 Å². The first-order valence-corrected chi connectivity index (χ1v) is 7.39. The zero-order valence-corrected chi connectivity index (χ0v) is 12.0. The number of alkyl halides is 1. The molecule has 0 unspecified atom stereocenters. The van der Waals surface area contributed by atoms with E-state index in [0.29, 0.717) is 12.5 Å². The van der Waals surface area contributed by atoms with Crippen LogP contribution < -0.4 is 4.74 Å². The van der Waals surface area contributed by atoms with E-state index in [1.54, 1.807) is 23.9 Å². The monoisotopic (exact) mass is 294 g/mol. The van der Waals surface area contributed by atoms with Crippen molar-refractivity contribution in [2.75, 3.05) is 12.5 Å². The summed E-state index contributed by atoms with van der Waals surface area (Å²) in [6, 6.07) is 15.1. The maximum atomic E-state index is 9.23. The van der Waals surface area contributed by atoms with Crippen molar-refractivity contribution >= 4 is 23.4 Å². The smallest absolute Gasteiger partial charge is 0.119 e. The van der Waals surface area contributed by atoms with Gasteiger partial charge < -0.3 is 9.84 Å². The van der Waals surface area contributed by atoms with Crippen molar-refractivity contribution in [2.24, 2.45) is 0 Å². The number of hydrogen-bond acceptors (Lipinski definition) is 3. The third kappa shape index (κ3) is 4.69. The van der Waals surface area contributed by atoms with E-state index in [-0.39, 0.29) is 5.75 Å². The molecule has 2 rings (SSSR count). The molecule has 0 aliphatic rings. The second-order valence-electron chi connectivity index (χ2n) is 3.96. The normalized spacial score (nSPS) is 10.4. The summed E-state index contributed by atoms with van der Waals surface area (Å²) in [4.78, 5) is 2.23. The minimum absolute atomic E-state index is 0.285. The molecule has 0 spiro atoms. The van der Waals surface area contributed by atoms with Crippen LogP contribution in [0.4, 0.5) is 0 Å².